The van der Waals surface area contributed by atoms with Crippen LogP contribution in [-0.2, 0) is 17.6 Å². The van der Waals surface area contributed by atoms with E-state index in [9.17, 15) is 9.18 Å². The molecule has 2 heterocycles. The van der Waals surface area contributed by atoms with Gasteiger partial charge in [-0.1, -0.05) is 17.7 Å². The first kappa shape index (κ1) is 20.1. The second-order valence-corrected chi connectivity index (χ2v) is 7.87. The number of hydrogen-bond acceptors (Lipinski definition) is 6. The average molecular weight is 432 g/mol. The first-order chi connectivity index (χ1) is 15.5. The standard InChI is InChI=1S/C24H21FN4O3/c1-14-6-8-16(9-7-14)23-27-26-22(32-23)15(2)31-24(30)21-19-4-3-5-20(19)29(28-21)18-12-10-17(25)11-13-18/h6-13,15H,3-5H2,1-2H3. The van der Waals surface area contributed by atoms with Crippen molar-refractivity contribution >= 4 is 5.97 Å². The normalized spacial score (nSPS) is 13.7. The predicted molar refractivity (Wildman–Crippen MR) is 114 cm³/mol. The average Bonchev–Trinajstić information content (AvgIpc) is 3.52. The number of carbonyl (C=O) groups excluding carboxylic acids is 1. The summed E-state index contributed by atoms with van der Waals surface area (Å²) in [6, 6.07) is 13.7. The molecule has 162 valence electrons. The van der Waals surface area contributed by atoms with E-state index in [1.165, 1.54) is 12.1 Å². The number of ether oxygens (including phenoxy) is 1. The van der Waals surface area contributed by atoms with E-state index in [0.717, 1.165) is 41.6 Å². The van der Waals surface area contributed by atoms with E-state index in [1.54, 1.807) is 23.7 Å². The Balaban J connectivity index is 1.37. The van der Waals surface area contributed by atoms with Crippen LogP contribution in [0.3, 0.4) is 0 Å². The van der Waals surface area contributed by atoms with Crippen LogP contribution in [0, 0.1) is 12.7 Å². The summed E-state index contributed by atoms with van der Waals surface area (Å²) >= 11 is 0. The van der Waals surface area contributed by atoms with E-state index < -0.39 is 12.1 Å². The van der Waals surface area contributed by atoms with Crippen molar-refractivity contribution in [2.75, 3.05) is 0 Å². The third-order valence-corrected chi connectivity index (χ3v) is 5.57. The summed E-state index contributed by atoms with van der Waals surface area (Å²) in [5.41, 5.74) is 4.73. The van der Waals surface area contributed by atoms with Gasteiger partial charge in [-0.15, -0.1) is 10.2 Å². The lowest BCUT2D eigenvalue weighted by Crippen LogP contribution is -2.12. The van der Waals surface area contributed by atoms with E-state index in [2.05, 4.69) is 15.3 Å². The molecule has 0 spiro atoms. The van der Waals surface area contributed by atoms with E-state index in [0.29, 0.717) is 11.6 Å². The molecule has 0 saturated heterocycles. The van der Waals surface area contributed by atoms with Gasteiger partial charge in [0.05, 0.1) is 5.69 Å². The molecule has 0 bridgehead atoms. The molecule has 2 aromatic heterocycles. The molecule has 0 radical (unpaired) electrons. The second-order valence-electron chi connectivity index (χ2n) is 7.87. The minimum Gasteiger partial charge on any atom is -0.448 e. The molecule has 7 nitrogen and oxygen atoms in total. The maximum Gasteiger partial charge on any atom is 0.359 e. The van der Waals surface area contributed by atoms with Crippen molar-refractivity contribution in [1.29, 1.82) is 0 Å². The third-order valence-electron chi connectivity index (χ3n) is 5.57. The van der Waals surface area contributed by atoms with Gasteiger partial charge >= 0.3 is 5.97 Å². The van der Waals surface area contributed by atoms with Crippen LogP contribution in [0.4, 0.5) is 4.39 Å². The smallest absolute Gasteiger partial charge is 0.359 e. The van der Waals surface area contributed by atoms with Crippen LogP contribution in [0.25, 0.3) is 17.1 Å². The molecule has 5 rings (SSSR count). The maximum absolute atomic E-state index is 13.3. The van der Waals surface area contributed by atoms with Crippen LogP contribution in [0.1, 0.15) is 52.6 Å². The minimum atomic E-state index is -0.734. The molecular weight excluding hydrogens is 411 g/mol. The number of rotatable bonds is 5. The lowest BCUT2D eigenvalue weighted by Gasteiger charge is -2.08. The zero-order valence-corrected chi connectivity index (χ0v) is 17.7. The predicted octanol–water partition coefficient (Wildman–Crippen LogP) is 4.78. The number of aryl methyl sites for hydroxylation is 1. The summed E-state index contributed by atoms with van der Waals surface area (Å²) in [5, 5.41) is 12.6. The molecule has 8 heteroatoms. The zero-order chi connectivity index (χ0) is 22.2. The Labute approximate surface area is 183 Å². The summed E-state index contributed by atoms with van der Waals surface area (Å²) in [6.45, 7) is 3.68. The summed E-state index contributed by atoms with van der Waals surface area (Å²) in [7, 11) is 0. The van der Waals surface area contributed by atoms with Crippen molar-refractivity contribution < 1.29 is 18.3 Å². The molecule has 0 amide bonds. The fraction of sp³-hybridized carbons (Fsp3) is 0.250. The topological polar surface area (TPSA) is 83.0 Å². The molecule has 0 saturated carbocycles. The lowest BCUT2D eigenvalue weighted by atomic mass is 10.1. The largest absolute Gasteiger partial charge is 0.448 e. The summed E-state index contributed by atoms with van der Waals surface area (Å²) in [4.78, 5) is 13.0. The Hall–Kier alpha value is -3.81. The van der Waals surface area contributed by atoms with E-state index in [4.69, 9.17) is 9.15 Å². The fourth-order valence-corrected chi connectivity index (χ4v) is 3.88. The van der Waals surface area contributed by atoms with Gasteiger partial charge in [-0.25, -0.2) is 13.9 Å². The van der Waals surface area contributed by atoms with E-state index in [-0.39, 0.29) is 17.4 Å². The molecule has 32 heavy (non-hydrogen) atoms. The Morgan fingerprint density at radius 1 is 1.09 bits per heavy atom. The molecule has 4 aromatic rings. The molecular formula is C24H21FN4O3. The monoisotopic (exact) mass is 432 g/mol. The van der Waals surface area contributed by atoms with Gasteiger partial charge in [0.2, 0.25) is 5.89 Å². The number of hydrogen-bond donors (Lipinski definition) is 0. The molecule has 1 atom stereocenters. The summed E-state index contributed by atoms with van der Waals surface area (Å²) in [5.74, 6) is -0.296. The van der Waals surface area contributed by atoms with Gasteiger partial charge in [-0.05, 0) is 69.5 Å². The van der Waals surface area contributed by atoms with Gasteiger partial charge < -0.3 is 9.15 Å². The molecule has 1 unspecified atom stereocenters. The molecule has 1 aliphatic carbocycles. The number of nitrogens with zero attached hydrogens (tertiary/aromatic N) is 4. The van der Waals surface area contributed by atoms with Gasteiger partial charge in [-0.2, -0.15) is 5.10 Å². The highest BCUT2D eigenvalue weighted by molar-refractivity contribution is 5.89. The lowest BCUT2D eigenvalue weighted by molar-refractivity contribution is 0.0271. The molecule has 2 aromatic carbocycles. The van der Waals surface area contributed by atoms with Crippen LogP contribution in [0.15, 0.2) is 52.9 Å². The number of fused-ring (bicyclic) bond motifs is 1. The maximum atomic E-state index is 13.3. The molecule has 0 aliphatic heterocycles. The fourth-order valence-electron chi connectivity index (χ4n) is 3.88. The number of aromatic nitrogens is 4. The number of esters is 1. The highest BCUT2D eigenvalue weighted by Crippen LogP contribution is 2.30. The highest BCUT2D eigenvalue weighted by atomic mass is 19.1. The number of benzene rings is 2. The van der Waals surface area contributed by atoms with Crippen LogP contribution >= 0.6 is 0 Å². The van der Waals surface area contributed by atoms with Crippen LogP contribution < -0.4 is 0 Å². The minimum absolute atomic E-state index is 0.212. The Morgan fingerprint density at radius 3 is 2.59 bits per heavy atom. The Bertz CT molecular complexity index is 1280. The first-order valence-electron chi connectivity index (χ1n) is 10.5. The van der Waals surface area contributed by atoms with E-state index >= 15 is 0 Å². The van der Waals surface area contributed by atoms with Crippen molar-refractivity contribution in [2.45, 2.75) is 39.2 Å². The quantitative estimate of drug-likeness (QED) is 0.422. The Kier molecular flexibility index (Phi) is 5.05. The SMILES string of the molecule is Cc1ccc(-c2nnc(C(C)OC(=O)c3nn(-c4ccc(F)cc4)c4c3CCC4)o2)cc1. The van der Waals surface area contributed by atoms with Gasteiger partial charge in [0.1, 0.15) is 5.82 Å². The second kappa shape index (κ2) is 8.03. The number of halogens is 1. The van der Waals surface area contributed by atoms with Gasteiger partial charge in [0, 0.05) is 16.8 Å². The van der Waals surface area contributed by atoms with Crippen molar-refractivity contribution in [3.05, 3.63) is 82.8 Å². The van der Waals surface area contributed by atoms with Gasteiger partial charge in [0.15, 0.2) is 11.8 Å². The van der Waals surface area contributed by atoms with Crippen molar-refractivity contribution in [1.82, 2.24) is 20.0 Å². The highest BCUT2D eigenvalue weighted by Gasteiger charge is 2.30. The summed E-state index contributed by atoms with van der Waals surface area (Å²) < 4.78 is 26.4. The molecule has 0 fully saturated rings. The zero-order valence-electron chi connectivity index (χ0n) is 17.7. The van der Waals surface area contributed by atoms with Crippen molar-refractivity contribution in [2.24, 2.45) is 0 Å². The van der Waals surface area contributed by atoms with Crippen LogP contribution in [-0.4, -0.2) is 25.9 Å². The summed E-state index contributed by atoms with van der Waals surface area (Å²) in [6.07, 6.45) is 1.73. The van der Waals surface area contributed by atoms with Crippen molar-refractivity contribution in [3.8, 4) is 17.1 Å². The first-order valence-corrected chi connectivity index (χ1v) is 10.5. The van der Waals surface area contributed by atoms with Gasteiger partial charge in [0.25, 0.3) is 5.89 Å². The third kappa shape index (κ3) is 3.68. The van der Waals surface area contributed by atoms with E-state index in [1.807, 2.05) is 31.2 Å². The number of carbonyl (C=O) groups is 1. The molecule has 0 N–H and O–H groups in total. The van der Waals surface area contributed by atoms with Crippen molar-refractivity contribution in [3.63, 3.8) is 0 Å². The van der Waals surface area contributed by atoms with Crippen LogP contribution in [0.5, 0.6) is 0 Å². The Morgan fingerprint density at radius 2 is 1.84 bits per heavy atom. The molecule has 1 aliphatic rings. The van der Waals surface area contributed by atoms with Crippen LogP contribution in [0.2, 0.25) is 0 Å². The van der Waals surface area contributed by atoms with Gasteiger partial charge in [-0.3, -0.25) is 0 Å².